The normalized spacial score (nSPS) is 0. The summed E-state index contributed by atoms with van der Waals surface area (Å²) in [6.07, 6.45) is 0. The standard InChI is InChI=1S/C.Mn.O.Zn/q;+2;-2;. The molecule has 0 aromatic carbocycles. The van der Waals surface area contributed by atoms with Crippen LogP contribution in [0.3, 0.4) is 0 Å². The molecule has 3 heteroatoms. The van der Waals surface area contributed by atoms with Crippen molar-refractivity contribution >= 4 is 0 Å². The quantitative estimate of drug-likeness (QED) is 0.431. The molecule has 0 aromatic rings. The Morgan fingerprint density at radius 2 is 1.00 bits per heavy atom. The predicted octanol–water partition coefficient (Wildman–Crippen LogP) is -0.0425. The smallest absolute Gasteiger partial charge is 2.00 e. The molecule has 0 aromatic heterocycles. The van der Waals surface area contributed by atoms with Gasteiger partial charge in [0.25, 0.3) is 0 Å². The zero-order valence-electron chi connectivity index (χ0n) is 1.99. The van der Waals surface area contributed by atoms with E-state index < -0.39 is 0 Å². The minimum Gasteiger partial charge on any atom is -2.00 e. The van der Waals surface area contributed by atoms with Gasteiger partial charge in [-0.2, -0.15) is 0 Å². The van der Waals surface area contributed by atoms with E-state index in [9.17, 15) is 0 Å². The average Bonchev–Trinajstić information content (AvgIpc) is 0. The first-order chi connectivity index (χ1) is 0. The molecule has 0 saturated heterocycles. The van der Waals surface area contributed by atoms with E-state index >= 15 is 0 Å². The van der Waals surface area contributed by atoms with Crippen LogP contribution in [0.15, 0.2) is 0 Å². The molecule has 0 rings (SSSR count). The summed E-state index contributed by atoms with van der Waals surface area (Å²) in [5.74, 6) is 0. The van der Waals surface area contributed by atoms with Crippen LogP contribution in [-0.4, -0.2) is 0 Å². The van der Waals surface area contributed by atoms with Crippen LogP contribution in [0, 0.1) is 7.43 Å². The van der Waals surface area contributed by atoms with Crippen LogP contribution in [0.25, 0.3) is 0 Å². The molecule has 0 unspecified atom stereocenters. The van der Waals surface area contributed by atoms with Crippen LogP contribution >= 0.6 is 0 Å². The molecule has 4 heavy (non-hydrogen) atoms. The summed E-state index contributed by atoms with van der Waals surface area (Å²) in [6.45, 7) is 0. The molecule has 0 spiro atoms. The summed E-state index contributed by atoms with van der Waals surface area (Å²) in [4.78, 5) is 0. The third-order valence-corrected chi connectivity index (χ3v) is 0. The first kappa shape index (κ1) is 70.6. The van der Waals surface area contributed by atoms with E-state index in [0.29, 0.717) is 0 Å². The molecule has 0 bridgehead atoms. The Labute approximate surface area is 49.7 Å². The van der Waals surface area contributed by atoms with Crippen molar-refractivity contribution in [3.63, 3.8) is 0 Å². The Balaban J connectivity index is 0. The topological polar surface area (TPSA) is 28.5 Å². The van der Waals surface area contributed by atoms with Crippen molar-refractivity contribution in [1.29, 1.82) is 0 Å². The van der Waals surface area contributed by atoms with Crippen molar-refractivity contribution in [3.05, 3.63) is 7.43 Å². The first-order valence-corrected chi connectivity index (χ1v) is 0. The van der Waals surface area contributed by atoms with Crippen LogP contribution in [0.4, 0.5) is 0 Å². The number of hydrogen-bond acceptors (Lipinski definition) is 0. The molecular weight excluding hydrogens is 148 g/mol. The summed E-state index contributed by atoms with van der Waals surface area (Å²) in [5.41, 5.74) is 0. The zero-order valence-corrected chi connectivity index (χ0v) is 6.14. The number of rotatable bonds is 0. The third-order valence-electron chi connectivity index (χ3n) is 0. The maximum absolute atomic E-state index is 0. The summed E-state index contributed by atoms with van der Waals surface area (Å²) < 4.78 is 0. The van der Waals surface area contributed by atoms with Crippen molar-refractivity contribution in [3.8, 4) is 0 Å². The fourth-order valence-electron chi connectivity index (χ4n) is 0. The second kappa shape index (κ2) is 32.5. The van der Waals surface area contributed by atoms with Crippen molar-refractivity contribution in [1.82, 2.24) is 0 Å². The van der Waals surface area contributed by atoms with Gasteiger partial charge in [0.15, 0.2) is 0 Å². The molecule has 0 aliphatic heterocycles. The maximum Gasteiger partial charge on any atom is 2.00 e. The van der Waals surface area contributed by atoms with Gasteiger partial charge in [0.1, 0.15) is 0 Å². The van der Waals surface area contributed by atoms with Crippen molar-refractivity contribution in [2.24, 2.45) is 0 Å². The second-order valence-electron chi connectivity index (χ2n) is 0. The largest absolute Gasteiger partial charge is 2.00 e. The summed E-state index contributed by atoms with van der Waals surface area (Å²) in [7, 11) is 0. The van der Waals surface area contributed by atoms with Crippen molar-refractivity contribution in [2.45, 2.75) is 0 Å². The Bertz CT molecular complexity index is 8.00. The van der Waals surface area contributed by atoms with Gasteiger partial charge in [-0.3, -0.25) is 0 Å². The fourth-order valence-corrected chi connectivity index (χ4v) is 0. The SMILES string of the molecule is [C].[Mn+2].[O-2].[Zn]. The van der Waals surface area contributed by atoms with Gasteiger partial charge >= 0.3 is 17.1 Å². The van der Waals surface area contributed by atoms with Crippen LogP contribution < -0.4 is 0 Å². The van der Waals surface area contributed by atoms with Gasteiger partial charge in [0, 0.05) is 26.9 Å². The van der Waals surface area contributed by atoms with Gasteiger partial charge in [-0.05, 0) is 0 Å². The van der Waals surface area contributed by atoms with Crippen LogP contribution in [0.2, 0.25) is 0 Å². The molecule has 0 N–H and O–H groups in total. The zero-order chi connectivity index (χ0) is 0. The molecule has 5 radical (unpaired) electrons. The molecule has 0 saturated carbocycles. The molecular formula is CMnOZn. The molecule has 0 aliphatic rings. The Morgan fingerprint density at radius 1 is 1.00 bits per heavy atom. The van der Waals surface area contributed by atoms with E-state index in [2.05, 4.69) is 0 Å². The Hall–Kier alpha value is 1.10. The van der Waals surface area contributed by atoms with Gasteiger partial charge in [-0.15, -0.1) is 0 Å². The molecule has 0 amide bonds. The van der Waals surface area contributed by atoms with Gasteiger partial charge < -0.3 is 5.48 Å². The molecule has 0 aliphatic carbocycles. The van der Waals surface area contributed by atoms with Gasteiger partial charge in [-0.1, -0.05) is 0 Å². The summed E-state index contributed by atoms with van der Waals surface area (Å²) in [6, 6.07) is 0. The van der Waals surface area contributed by atoms with E-state index in [4.69, 9.17) is 0 Å². The van der Waals surface area contributed by atoms with Gasteiger partial charge in [0.05, 0.1) is 0 Å². The maximum atomic E-state index is 0. The van der Waals surface area contributed by atoms with Crippen LogP contribution in [-0.2, 0) is 42.0 Å². The Kier molecular flexibility index (Phi) is 573. The minimum atomic E-state index is 0. The molecule has 0 fully saturated rings. The minimum absolute atomic E-state index is 0. The van der Waals surface area contributed by atoms with Crippen molar-refractivity contribution < 1.29 is 42.0 Å². The second-order valence-corrected chi connectivity index (χ2v) is 0. The predicted molar refractivity (Wildman–Crippen MR) is 3.93 cm³/mol. The van der Waals surface area contributed by atoms with E-state index in [1.165, 1.54) is 0 Å². The first-order valence-electron chi connectivity index (χ1n) is 0. The summed E-state index contributed by atoms with van der Waals surface area (Å²) in [5, 5.41) is 0. The molecule has 19 valence electrons. The number of hydrogen-bond donors (Lipinski definition) is 0. The van der Waals surface area contributed by atoms with Crippen LogP contribution in [0.5, 0.6) is 0 Å². The monoisotopic (exact) mass is 147 g/mol. The van der Waals surface area contributed by atoms with Crippen molar-refractivity contribution in [2.75, 3.05) is 0 Å². The van der Waals surface area contributed by atoms with Gasteiger partial charge in [-0.25, -0.2) is 0 Å². The Morgan fingerprint density at radius 3 is 1.00 bits per heavy atom. The van der Waals surface area contributed by atoms with E-state index in [1.807, 2.05) is 0 Å². The van der Waals surface area contributed by atoms with E-state index in [0.717, 1.165) is 0 Å². The molecule has 1 nitrogen and oxygen atoms in total. The fraction of sp³-hybridized carbons (Fsp3) is 0. The van der Waals surface area contributed by atoms with E-state index in [-0.39, 0.29) is 49.4 Å². The molecule has 0 atom stereocenters. The third kappa shape index (κ3) is 11.3. The van der Waals surface area contributed by atoms with Crippen LogP contribution in [0.1, 0.15) is 0 Å². The summed E-state index contributed by atoms with van der Waals surface area (Å²) >= 11 is 0. The van der Waals surface area contributed by atoms with Gasteiger partial charge in [0.2, 0.25) is 0 Å². The van der Waals surface area contributed by atoms with E-state index in [1.54, 1.807) is 0 Å². The average molecular weight is 148 g/mol. The molecule has 0 heterocycles.